The molecule has 3 aromatic rings. The van der Waals surface area contributed by atoms with Gasteiger partial charge in [0.25, 0.3) is 0 Å². The van der Waals surface area contributed by atoms with Crippen LogP contribution in [0.2, 0.25) is 5.02 Å². The van der Waals surface area contributed by atoms with Crippen LogP contribution < -0.4 is 0 Å². The van der Waals surface area contributed by atoms with Gasteiger partial charge in [-0.05, 0) is 36.8 Å². The SMILES string of the molecule is Cc1ccc(C(=O)c2cccc3ncccc23)c(Cl)c1. The predicted octanol–water partition coefficient (Wildman–Crippen LogP) is 4.43. The first-order valence-corrected chi connectivity index (χ1v) is 6.69. The van der Waals surface area contributed by atoms with Crippen molar-refractivity contribution in [3.05, 3.63) is 76.4 Å². The minimum atomic E-state index is -0.0754. The van der Waals surface area contributed by atoms with E-state index in [2.05, 4.69) is 4.98 Å². The van der Waals surface area contributed by atoms with Gasteiger partial charge in [0.15, 0.2) is 5.78 Å². The van der Waals surface area contributed by atoms with Crippen LogP contribution in [0.1, 0.15) is 21.5 Å². The summed E-state index contributed by atoms with van der Waals surface area (Å²) in [5, 5.41) is 1.33. The lowest BCUT2D eigenvalue weighted by atomic mass is 9.98. The Morgan fingerprint density at radius 1 is 1.05 bits per heavy atom. The molecule has 2 aromatic carbocycles. The van der Waals surface area contributed by atoms with E-state index in [0.29, 0.717) is 16.1 Å². The van der Waals surface area contributed by atoms with Crippen molar-refractivity contribution in [3.8, 4) is 0 Å². The third kappa shape index (κ3) is 2.19. The molecule has 0 radical (unpaired) electrons. The van der Waals surface area contributed by atoms with E-state index in [1.165, 1.54) is 0 Å². The van der Waals surface area contributed by atoms with Gasteiger partial charge in [-0.1, -0.05) is 35.9 Å². The molecule has 0 saturated heterocycles. The third-order valence-electron chi connectivity index (χ3n) is 3.26. The zero-order chi connectivity index (χ0) is 14.1. The smallest absolute Gasteiger partial charge is 0.195 e. The number of halogens is 1. The molecule has 0 amide bonds. The molecule has 98 valence electrons. The van der Waals surface area contributed by atoms with Crippen molar-refractivity contribution in [3.63, 3.8) is 0 Å². The van der Waals surface area contributed by atoms with Crippen LogP contribution in [0.25, 0.3) is 10.9 Å². The van der Waals surface area contributed by atoms with E-state index in [1.54, 1.807) is 18.3 Å². The van der Waals surface area contributed by atoms with Gasteiger partial charge in [0, 0.05) is 22.7 Å². The Morgan fingerprint density at radius 3 is 2.70 bits per heavy atom. The summed E-state index contributed by atoms with van der Waals surface area (Å²) >= 11 is 6.19. The van der Waals surface area contributed by atoms with Crippen molar-refractivity contribution >= 4 is 28.3 Å². The van der Waals surface area contributed by atoms with E-state index in [1.807, 2.05) is 43.3 Å². The second-order valence-electron chi connectivity index (χ2n) is 4.69. The number of ketones is 1. The highest BCUT2D eigenvalue weighted by atomic mass is 35.5. The topological polar surface area (TPSA) is 30.0 Å². The molecular formula is C17H12ClNO. The van der Waals surface area contributed by atoms with Gasteiger partial charge in [-0.3, -0.25) is 9.78 Å². The monoisotopic (exact) mass is 281 g/mol. The Hall–Kier alpha value is -2.19. The maximum absolute atomic E-state index is 12.7. The number of aryl methyl sites for hydroxylation is 1. The van der Waals surface area contributed by atoms with Crippen LogP contribution in [0.15, 0.2) is 54.7 Å². The number of hydrogen-bond acceptors (Lipinski definition) is 2. The summed E-state index contributed by atoms with van der Waals surface area (Å²) in [5.41, 5.74) is 2.99. The molecule has 0 aliphatic heterocycles. The summed E-state index contributed by atoms with van der Waals surface area (Å²) in [6.07, 6.45) is 1.72. The third-order valence-corrected chi connectivity index (χ3v) is 3.57. The Labute approximate surface area is 122 Å². The van der Waals surface area contributed by atoms with Crippen molar-refractivity contribution < 1.29 is 4.79 Å². The summed E-state index contributed by atoms with van der Waals surface area (Å²) in [4.78, 5) is 16.9. The number of hydrogen-bond donors (Lipinski definition) is 0. The summed E-state index contributed by atoms with van der Waals surface area (Å²) in [7, 11) is 0. The van der Waals surface area contributed by atoms with E-state index in [4.69, 9.17) is 11.6 Å². The highest BCUT2D eigenvalue weighted by molar-refractivity contribution is 6.35. The number of benzene rings is 2. The fourth-order valence-corrected chi connectivity index (χ4v) is 2.57. The summed E-state index contributed by atoms with van der Waals surface area (Å²) in [5.74, 6) is -0.0754. The molecule has 0 atom stereocenters. The quantitative estimate of drug-likeness (QED) is 0.651. The lowest BCUT2D eigenvalue weighted by Crippen LogP contribution is -2.03. The highest BCUT2D eigenvalue weighted by Gasteiger charge is 2.15. The molecule has 3 rings (SSSR count). The maximum Gasteiger partial charge on any atom is 0.195 e. The van der Waals surface area contributed by atoms with E-state index in [9.17, 15) is 4.79 Å². The van der Waals surface area contributed by atoms with Crippen LogP contribution in [0.3, 0.4) is 0 Å². The van der Waals surface area contributed by atoms with Crippen molar-refractivity contribution in [2.24, 2.45) is 0 Å². The number of aromatic nitrogens is 1. The highest BCUT2D eigenvalue weighted by Crippen LogP contribution is 2.24. The molecule has 0 bridgehead atoms. The molecule has 0 saturated carbocycles. The average molecular weight is 282 g/mol. The number of pyridine rings is 1. The summed E-state index contributed by atoms with van der Waals surface area (Å²) in [6.45, 7) is 1.95. The second kappa shape index (κ2) is 5.06. The zero-order valence-corrected chi connectivity index (χ0v) is 11.7. The van der Waals surface area contributed by atoms with Crippen LogP contribution in [-0.4, -0.2) is 10.8 Å². The molecule has 2 nitrogen and oxygen atoms in total. The van der Waals surface area contributed by atoms with Gasteiger partial charge < -0.3 is 0 Å². The van der Waals surface area contributed by atoms with E-state index in [0.717, 1.165) is 16.5 Å². The lowest BCUT2D eigenvalue weighted by molar-refractivity contribution is 0.104. The van der Waals surface area contributed by atoms with Crippen LogP contribution in [0.4, 0.5) is 0 Å². The first-order valence-electron chi connectivity index (χ1n) is 6.31. The van der Waals surface area contributed by atoms with Crippen LogP contribution >= 0.6 is 11.6 Å². The van der Waals surface area contributed by atoms with Crippen molar-refractivity contribution in [1.82, 2.24) is 4.98 Å². The maximum atomic E-state index is 12.7. The van der Waals surface area contributed by atoms with Crippen molar-refractivity contribution in [2.75, 3.05) is 0 Å². The number of carbonyl (C=O) groups excluding carboxylic acids is 1. The number of fused-ring (bicyclic) bond motifs is 1. The fourth-order valence-electron chi connectivity index (χ4n) is 2.25. The fraction of sp³-hybridized carbons (Fsp3) is 0.0588. The molecule has 1 heterocycles. The van der Waals surface area contributed by atoms with Gasteiger partial charge >= 0.3 is 0 Å². The molecule has 0 spiro atoms. The molecule has 0 N–H and O–H groups in total. The predicted molar refractivity (Wildman–Crippen MR) is 81.4 cm³/mol. The summed E-state index contributed by atoms with van der Waals surface area (Å²) in [6, 6.07) is 14.7. The Bertz CT molecular complexity index is 806. The van der Waals surface area contributed by atoms with Crippen molar-refractivity contribution in [1.29, 1.82) is 0 Å². The van der Waals surface area contributed by atoms with Gasteiger partial charge in [-0.15, -0.1) is 0 Å². The molecule has 0 aliphatic carbocycles. The van der Waals surface area contributed by atoms with Crippen LogP contribution in [-0.2, 0) is 0 Å². The molecular weight excluding hydrogens is 270 g/mol. The van der Waals surface area contributed by atoms with Crippen LogP contribution in [0, 0.1) is 6.92 Å². The van der Waals surface area contributed by atoms with Gasteiger partial charge in [0.2, 0.25) is 0 Å². The Morgan fingerprint density at radius 2 is 1.90 bits per heavy atom. The molecule has 0 fully saturated rings. The Balaban J connectivity index is 2.18. The van der Waals surface area contributed by atoms with E-state index >= 15 is 0 Å². The molecule has 3 heteroatoms. The number of carbonyl (C=O) groups is 1. The molecule has 0 unspecified atom stereocenters. The first kappa shape index (κ1) is 12.8. The minimum Gasteiger partial charge on any atom is -0.289 e. The summed E-state index contributed by atoms with van der Waals surface area (Å²) < 4.78 is 0. The largest absolute Gasteiger partial charge is 0.289 e. The minimum absolute atomic E-state index is 0.0754. The second-order valence-corrected chi connectivity index (χ2v) is 5.10. The van der Waals surface area contributed by atoms with Gasteiger partial charge in [0.1, 0.15) is 0 Å². The van der Waals surface area contributed by atoms with Crippen LogP contribution in [0.5, 0.6) is 0 Å². The number of nitrogens with zero attached hydrogens (tertiary/aromatic N) is 1. The van der Waals surface area contributed by atoms with Gasteiger partial charge in [-0.25, -0.2) is 0 Å². The number of rotatable bonds is 2. The zero-order valence-electron chi connectivity index (χ0n) is 10.9. The van der Waals surface area contributed by atoms with E-state index < -0.39 is 0 Å². The Kier molecular flexibility index (Phi) is 3.25. The molecule has 1 aromatic heterocycles. The normalized spacial score (nSPS) is 10.7. The van der Waals surface area contributed by atoms with Gasteiger partial charge in [0.05, 0.1) is 10.5 Å². The standard InChI is InChI=1S/C17H12ClNO/c1-11-7-8-14(15(18)10-11)17(20)13-4-2-6-16-12(13)5-3-9-19-16/h2-10H,1H3. The average Bonchev–Trinajstić information content (AvgIpc) is 2.46. The van der Waals surface area contributed by atoms with E-state index in [-0.39, 0.29) is 5.78 Å². The lowest BCUT2D eigenvalue weighted by Gasteiger charge is -2.07. The first-order chi connectivity index (χ1) is 9.66. The van der Waals surface area contributed by atoms with Gasteiger partial charge in [-0.2, -0.15) is 0 Å². The molecule has 0 aliphatic rings. The molecule has 20 heavy (non-hydrogen) atoms. The van der Waals surface area contributed by atoms with Crippen molar-refractivity contribution in [2.45, 2.75) is 6.92 Å².